The van der Waals surface area contributed by atoms with Gasteiger partial charge in [0.05, 0.1) is 24.8 Å². The molecule has 3 amide bonds. The Morgan fingerprint density at radius 1 is 1.13 bits per heavy atom. The summed E-state index contributed by atoms with van der Waals surface area (Å²) in [5.41, 5.74) is 0.820. The highest BCUT2D eigenvalue weighted by Crippen LogP contribution is 2.60. The van der Waals surface area contributed by atoms with E-state index in [1.807, 2.05) is 0 Å². The first-order valence-electron chi connectivity index (χ1n) is 10.2. The van der Waals surface area contributed by atoms with Crippen LogP contribution in [0.15, 0.2) is 40.9 Å². The number of fused-ring (bicyclic) bond motifs is 2. The molecule has 1 unspecified atom stereocenters. The van der Waals surface area contributed by atoms with Crippen molar-refractivity contribution in [1.29, 1.82) is 0 Å². The molecule has 2 fully saturated rings. The third kappa shape index (κ3) is 2.99. The van der Waals surface area contributed by atoms with Crippen LogP contribution in [0.5, 0.6) is 5.75 Å². The third-order valence-corrected chi connectivity index (χ3v) is 7.13. The summed E-state index contributed by atoms with van der Waals surface area (Å²) < 4.78 is 20.7. The highest BCUT2D eigenvalue weighted by Gasteiger charge is 2.63. The fraction of sp³-hybridized carbons (Fsp3) is 0.348. The second kappa shape index (κ2) is 7.15. The monoisotopic (exact) mass is 486 g/mol. The van der Waals surface area contributed by atoms with Crippen LogP contribution in [0.25, 0.3) is 0 Å². The van der Waals surface area contributed by atoms with Crippen molar-refractivity contribution in [1.82, 2.24) is 4.90 Å². The van der Waals surface area contributed by atoms with Crippen molar-refractivity contribution in [3.63, 3.8) is 0 Å². The summed E-state index contributed by atoms with van der Waals surface area (Å²) in [5, 5.41) is 0. The molecule has 2 aromatic carbocycles. The van der Waals surface area contributed by atoms with E-state index >= 15 is 0 Å². The number of methoxy groups -OCH3 is 1. The number of anilines is 1. The lowest BCUT2D eigenvalue weighted by molar-refractivity contribution is -0.150. The number of hydrogen-bond acceptors (Lipinski definition) is 4. The van der Waals surface area contributed by atoms with Gasteiger partial charge in [0.15, 0.2) is 0 Å². The average Bonchev–Trinajstić information content (AvgIpc) is 3.52. The lowest BCUT2D eigenvalue weighted by atomic mass is 9.98. The zero-order valence-corrected chi connectivity index (χ0v) is 18.4. The average molecular weight is 487 g/mol. The number of amides is 3. The van der Waals surface area contributed by atoms with Crippen LogP contribution in [-0.4, -0.2) is 35.8 Å². The first-order chi connectivity index (χ1) is 14.9. The topological polar surface area (TPSA) is 66.9 Å². The van der Waals surface area contributed by atoms with Crippen LogP contribution in [0, 0.1) is 5.82 Å². The summed E-state index contributed by atoms with van der Waals surface area (Å²) >= 11 is 3.46. The summed E-state index contributed by atoms with van der Waals surface area (Å²) in [7, 11) is 1.56. The van der Waals surface area contributed by atoms with Crippen molar-refractivity contribution in [2.24, 2.45) is 0 Å². The number of nitrogens with zero attached hydrogens (tertiary/aromatic N) is 2. The molecule has 2 aromatic rings. The molecular formula is C23H20BrFN2O4. The van der Waals surface area contributed by atoms with Gasteiger partial charge in [0.2, 0.25) is 11.8 Å². The maximum Gasteiger partial charge on any atom is 0.252 e. The molecule has 5 rings (SSSR count). The Balaban J connectivity index is 1.49. The predicted octanol–water partition coefficient (Wildman–Crippen LogP) is 3.69. The Morgan fingerprint density at radius 2 is 1.84 bits per heavy atom. The first-order valence-corrected chi connectivity index (χ1v) is 11.0. The van der Waals surface area contributed by atoms with Crippen molar-refractivity contribution in [2.45, 2.75) is 43.7 Å². The molecule has 8 heteroatoms. The zero-order chi connectivity index (χ0) is 21.9. The molecule has 1 saturated carbocycles. The second-order valence-corrected chi connectivity index (χ2v) is 9.09. The predicted molar refractivity (Wildman–Crippen MR) is 114 cm³/mol. The largest absolute Gasteiger partial charge is 0.497 e. The van der Waals surface area contributed by atoms with E-state index in [1.165, 1.54) is 15.9 Å². The number of halogens is 2. The molecule has 160 valence electrons. The molecule has 0 N–H and O–H groups in total. The molecule has 1 atom stereocenters. The number of ether oxygens (including phenoxy) is 1. The summed E-state index contributed by atoms with van der Waals surface area (Å²) in [4.78, 5) is 41.8. The third-order valence-electron chi connectivity index (χ3n) is 6.47. The van der Waals surface area contributed by atoms with Crippen LogP contribution in [0.3, 0.4) is 0 Å². The van der Waals surface area contributed by atoms with E-state index in [1.54, 1.807) is 37.4 Å². The Hall–Kier alpha value is -2.74. The molecule has 1 aliphatic carbocycles. The zero-order valence-electron chi connectivity index (χ0n) is 16.9. The van der Waals surface area contributed by atoms with Crippen LogP contribution >= 0.6 is 15.9 Å². The minimum absolute atomic E-state index is 0.0964. The molecule has 31 heavy (non-hydrogen) atoms. The summed E-state index contributed by atoms with van der Waals surface area (Å²) in [6.07, 6.45) is 1.57. The fourth-order valence-corrected chi connectivity index (χ4v) is 5.40. The molecule has 0 radical (unpaired) electrons. The van der Waals surface area contributed by atoms with E-state index in [9.17, 15) is 18.8 Å². The summed E-state index contributed by atoms with van der Waals surface area (Å²) in [5.74, 6) is -0.858. The number of piperidine rings is 1. The van der Waals surface area contributed by atoms with Gasteiger partial charge in [0.25, 0.3) is 5.91 Å². The normalized spacial score (nSPS) is 21.6. The van der Waals surface area contributed by atoms with Crippen LogP contribution in [0.2, 0.25) is 0 Å². The van der Waals surface area contributed by atoms with Gasteiger partial charge in [-0.25, -0.2) is 4.39 Å². The van der Waals surface area contributed by atoms with E-state index in [0.717, 1.165) is 5.56 Å². The van der Waals surface area contributed by atoms with Gasteiger partial charge >= 0.3 is 0 Å². The minimum atomic E-state index is -0.897. The van der Waals surface area contributed by atoms with Crippen molar-refractivity contribution >= 4 is 39.3 Å². The molecule has 2 aliphatic heterocycles. The van der Waals surface area contributed by atoms with E-state index in [4.69, 9.17) is 4.74 Å². The van der Waals surface area contributed by atoms with E-state index in [-0.39, 0.29) is 36.9 Å². The van der Waals surface area contributed by atoms with Gasteiger partial charge in [-0.2, -0.15) is 0 Å². The quantitative estimate of drug-likeness (QED) is 0.618. The van der Waals surface area contributed by atoms with Gasteiger partial charge < -0.3 is 4.74 Å². The number of hydrogen-bond donors (Lipinski definition) is 0. The van der Waals surface area contributed by atoms with Crippen LogP contribution in [0.4, 0.5) is 10.1 Å². The van der Waals surface area contributed by atoms with E-state index < -0.39 is 23.2 Å². The Labute approximate surface area is 187 Å². The number of carbonyl (C=O) groups excluding carboxylic acids is 3. The summed E-state index contributed by atoms with van der Waals surface area (Å²) in [6, 6.07) is 9.10. The molecule has 0 aromatic heterocycles. The van der Waals surface area contributed by atoms with Gasteiger partial charge in [-0.15, -0.1) is 0 Å². The molecule has 1 saturated heterocycles. The maximum absolute atomic E-state index is 14.9. The molecular weight excluding hydrogens is 467 g/mol. The number of likely N-dealkylation sites (tertiary alicyclic amines) is 1. The lowest BCUT2D eigenvalue weighted by Crippen LogP contribution is -2.56. The van der Waals surface area contributed by atoms with Crippen LogP contribution in [0.1, 0.15) is 36.8 Å². The van der Waals surface area contributed by atoms with Crippen molar-refractivity contribution in [3.8, 4) is 5.75 Å². The smallest absolute Gasteiger partial charge is 0.252 e. The highest BCUT2D eigenvalue weighted by molar-refractivity contribution is 9.10. The molecule has 3 aliphatic rings. The van der Waals surface area contributed by atoms with Crippen molar-refractivity contribution in [3.05, 3.63) is 57.8 Å². The SMILES string of the molecule is COc1ccc(CN2C(=O)CCC(N3C(=O)C4(CC4)c4c(Br)ccc(F)c43)C2=O)cc1. The van der Waals surface area contributed by atoms with Gasteiger partial charge in [-0.1, -0.05) is 28.1 Å². The number of rotatable bonds is 4. The molecule has 2 heterocycles. The standard InChI is InChI=1S/C23H20BrFN2O4/c1-31-14-4-2-13(3-5-14)12-26-18(28)9-8-17(21(26)29)27-20-16(25)7-6-15(24)19(20)23(10-11-23)22(27)30/h2-7,17H,8-12H2,1H3. The summed E-state index contributed by atoms with van der Waals surface area (Å²) in [6.45, 7) is 0.0964. The van der Waals surface area contributed by atoms with Crippen LogP contribution < -0.4 is 9.64 Å². The Morgan fingerprint density at radius 3 is 2.48 bits per heavy atom. The minimum Gasteiger partial charge on any atom is -0.497 e. The fourth-order valence-electron chi connectivity index (χ4n) is 4.70. The number of benzene rings is 2. The Bertz CT molecular complexity index is 1110. The Kier molecular flexibility index (Phi) is 4.66. The van der Waals surface area contributed by atoms with Crippen LogP contribution in [-0.2, 0) is 26.3 Å². The van der Waals surface area contributed by atoms with E-state index in [0.29, 0.717) is 28.6 Å². The first kappa shape index (κ1) is 20.2. The maximum atomic E-state index is 14.9. The van der Waals surface area contributed by atoms with Gasteiger partial charge in [-0.05, 0) is 49.1 Å². The van der Waals surface area contributed by atoms with E-state index in [2.05, 4.69) is 15.9 Å². The number of imide groups is 1. The molecule has 0 bridgehead atoms. The highest BCUT2D eigenvalue weighted by atomic mass is 79.9. The van der Waals surface area contributed by atoms with Gasteiger partial charge in [0, 0.05) is 16.5 Å². The van der Waals surface area contributed by atoms with Gasteiger partial charge in [-0.3, -0.25) is 24.2 Å². The van der Waals surface area contributed by atoms with Crippen molar-refractivity contribution < 1.29 is 23.5 Å². The van der Waals surface area contributed by atoms with Gasteiger partial charge in [0.1, 0.15) is 17.6 Å². The second-order valence-electron chi connectivity index (χ2n) is 8.23. The van der Waals surface area contributed by atoms with Crippen molar-refractivity contribution in [2.75, 3.05) is 12.0 Å². The molecule has 6 nitrogen and oxygen atoms in total. The molecule has 1 spiro atoms. The lowest BCUT2D eigenvalue weighted by Gasteiger charge is -2.36. The number of carbonyl (C=O) groups is 3.